The Kier molecular flexibility index (Phi) is 2.83. The molecule has 2 rings (SSSR count). The van der Waals surface area contributed by atoms with Crippen molar-refractivity contribution in [2.45, 2.75) is 39.5 Å². The summed E-state index contributed by atoms with van der Waals surface area (Å²) >= 11 is 0. The molecule has 16 heavy (non-hydrogen) atoms. The lowest BCUT2D eigenvalue weighted by Crippen LogP contribution is -2.05. The van der Waals surface area contributed by atoms with Crippen molar-refractivity contribution in [1.29, 1.82) is 0 Å². The van der Waals surface area contributed by atoms with Crippen LogP contribution < -0.4 is 5.73 Å². The Morgan fingerprint density at radius 3 is 2.12 bits per heavy atom. The van der Waals surface area contributed by atoms with Gasteiger partial charge in [-0.05, 0) is 40.8 Å². The lowest BCUT2D eigenvalue weighted by Gasteiger charge is -2.07. The van der Waals surface area contributed by atoms with Gasteiger partial charge in [0.1, 0.15) is 0 Å². The minimum absolute atomic E-state index is 0.397. The van der Waals surface area contributed by atoms with Gasteiger partial charge in [-0.2, -0.15) is 0 Å². The monoisotopic (exact) mass is 217 g/mol. The molecule has 1 aliphatic rings. The Morgan fingerprint density at radius 2 is 1.75 bits per heavy atom. The molecule has 0 heterocycles. The topological polar surface area (TPSA) is 26.0 Å². The zero-order chi connectivity index (χ0) is 11.9. The predicted molar refractivity (Wildman–Crippen MR) is 69.6 cm³/mol. The fourth-order valence-corrected chi connectivity index (χ4v) is 2.93. The van der Waals surface area contributed by atoms with Crippen LogP contribution in [-0.4, -0.2) is 6.54 Å². The quantitative estimate of drug-likeness (QED) is 0.824. The van der Waals surface area contributed by atoms with Crippen molar-refractivity contribution in [3.8, 4) is 0 Å². The van der Waals surface area contributed by atoms with Gasteiger partial charge < -0.3 is 5.73 Å². The molecule has 1 aliphatic carbocycles. The third-order valence-electron chi connectivity index (χ3n) is 4.27. The molecule has 1 saturated carbocycles. The highest BCUT2D eigenvalue weighted by Crippen LogP contribution is 2.63. The highest BCUT2D eigenvalue weighted by molar-refractivity contribution is 5.34. The van der Waals surface area contributed by atoms with Crippen LogP contribution in [0.3, 0.4) is 0 Å². The normalized spacial score (nSPS) is 27.1. The fourth-order valence-electron chi connectivity index (χ4n) is 2.93. The Bertz CT molecular complexity index is 362. The van der Waals surface area contributed by atoms with Gasteiger partial charge in [-0.25, -0.2) is 0 Å². The van der Waals surface area contributed by atoms with E-state index in [4.69, 9.17) is 5.73 Å². The van der Waals surface area contributed by atoms with Gasteiger partial charge in [-0.1, -0.05) is 52.0 Å². The highest BCUT2D eigenvalue weighted by atomic mass is 14.7. The summed E-state index contributed by atoms with van der Waals surface area (Å²) in [4.78, 5) is 0. The molecular weight excluding hydrogens is 194 g/mol. The molecule has 2 atom stereocenters. The average molecular weight is 217 g/mol. The third-order valence-corrected chi connectivity index (χ3v) is 4.27. The van der Waals surface area contributed by atoms with Gasteiger partial charge in [0, 0.05) is 0 Å². The van der Waals surface area contributed by atoms with Gasteiger partial charge in [0.05, 0.1) is 0 Å². The first-order valence-corrected chi connectivity index (χ1v) is 6.28. The first kappa shape index (κ1) is 11.7. The second kappa shape index (κ2) is 3.89. The molecule has 1 aromatic carbocycles. The van der Waals surface area contributed by atoms with Crippen molar-refractivity contribution < 1.29 is 0 Å². The summed E-state index contributed by atoms with van der Waals surface area (Å²) in [6.45, 7) is 9.93. The molecule has 2 N–H and O–H groups in total. The minimum Gasteiger partial charge on any atom is -0.330 e. The van der Waals surface area contributed by atoms with Crippen LogP contribution in [0.5, 0.6) is 0 Å². The summed E-state index contributed by atoms with van der Waals surface area (Å²) in [7, 11) is 0. The first-order valence-electron chi connectivity index (χ1n) is 6.28. The van der Waals surface area contributed by atoms with Crippen LogP contribution in [0.1, 0.15) is 50.7 Å². The molecule has 1 heteroatoms. The van der Waals surface area contributed by atoms with E-state index in [-0.39, 0.29) is 0 Å². The lowest BCUT2D eigenvalue weighted by molar-refractivity contribution is 0.558. The maximum absolute atomic E-state index is 5.82. The minimum atomic E-state index is 0.397. The summed E-state index contributed by atoms with van der Waals surface area (Å²) in [5.74, 6) is 1.95. The van der Waals surface area contributed by atoms with Crippen molar-refractivity contribution in [3.63, 3.8) is 0 Å². The third kappa shape index (κ3) is 1.78. The maximum Gasteiger partial charge on any atom is -0.00375 e. The van der Waals surface area contributed by atoms with Crippen LogP contribution in [0.15, 0.2) is 24.3 Å². The molecule has 0 radical (unpaired) electrons. The molecule has 0 saturated heterocycles. The lowest BCUT2D eigenvalue weighted by atomic mass is 9.98. The van der Waals surface area contributed by atoms with Crippen molar-refractivity contribution in [3.05, 3.63) is 35.4 Å². The zero-order valence-electron chi connectivity index (χ0n) is 10.8. The van der Waals surface area contributed by atoms with E-state index in [1.54, 1.807) is 0 Å². The van der Waals surface area contributed by atoms with E-state index in [2.05, 4.69) is 52.0 Å². The number of hydrogen-bond acceptors (Lipinski definition) is 1. The Balaban J connectivity index is 2.18. The van der Waals surface area contributed by atoms with Crippen molar-refractivity contribution >= 4 is 0 Å². The van der Waals surface area contributed by atoms with E-state index in [1.165, 1.54) is 11.1 Å². The van der Waals surface area contributed by atoms with Gasteiger partial charge >= 0.3 is 0 Å². The van der Waals surface area contributed by atoms with Crippen molar-refractivity contribution in [2.75, 3.05) is 6.54 Å². The van der Waals surface area contributed by atoms with Crippen LogP contribution in [0.25, 0.3) is 0 Å². The van der Waals surface area contributed by atoms with Gasteiger partial charge in [-0.15, -0.1) is 0 Å². The molecule has 2 unspecified atom stereocenters. The molecule has 0 spiro atoms. The largest absolute Gasteiger partial charge is 0.330 e. The van der Waals surface area contributed by atoms with E-state index in [0.29, 0.717) is 23.2 Å². The molecule has 0 bridgehead atoms. The summed E-state index contributed by atoms with van der Waals surface area (Å²) in [6, 6.07) is 9.11. The van der Waals surface area contributed by atoms with E-state index in [9.17, 15) is 0 Å². The molecular formula is C15H23N. The van der Waals surface area contributed by atoms with E-state index in [0.717, 1.165) is 6.54 Å². The number of rotatable bonds is 3. The van der Waals surface area contributed by atoms with Crippen LogP contribution in [0.4, 0.5) is 0 Å². The van der Waals surface area contributed by atoms with Crippen molar-refractivity contribution in [1.82, 2.24) is 0 Å². The molecule has 1 nitrogen and oxygen atoms in total. The second-order valence-electron chi connectivity index (χ2n) is 5.96. The van der Waals surface area contributed by atoms with E-state index >= 15 is 0 Å². The van der Waals surface area contributed by atoms with Crippen LogP contribution in [0, 0.1) is 11.3 Å². The van der Waals surface area contributed by atoms with Crippen LogP contribution in [-0.2, 0) is 0 Å². The number of hydrogen-bond donors (Lipinski definition) is 1. The SMILES string of the molecule is CC(C)c1ccc(C2C(CN)C2(C)C)cc1. The Labute approximate surface area is 99.0 Å². The molecule has 0 amide bonds. The van der Waals surface area contributed by atoms with Crippen LogP contribution >= 0.6 is 0 Å². The molecule has 1 aromatic rings. The standard InChI is InChI=1S/C15H23N/c1-10(2)11-5-7-12(8-6-11)14-13(9-16)15(14,3)4/h5-8,10,13-14H,9,16H2,1-4H3. The Morgan fingerprint density at radius 1 is 1.19 bits per heavy atom. The Hall–Kier alpha value is -0.820. The van der Waals surface area contributed by atoms with Gasteiger partial charge in [-0.3, -0.25) is 0 Å². The van der Waals surface area contributed by atoms with Gasteiger partial charge in [0.15, 0.2) is 0 Å². The first-order chi connectivity index (χ1) is 7.48. The summed E-state index contributed by atoms with van der Waals surface area (Å²) in [5.41, 5.74) is 9.10. The van der Waals surface area contributed by atoms with Gasteiger partial charge in [0.25, 0.3) is 0 Å². The molecule has 1 fully saturated rings. The van der Waals surface area contributed by atoms with E-state index in [1.807, 2.05) is 0 Å². The summed E-state index contributed by atoms with van der Waals surface area (Å²) in [6.07, 6.45) is 0. The zero-order valence-corrected chi connectivity index (χ0v) is 10.8. The number of benzene rings is 1. The highest BCUT2D eigenvalue weighted by Gasteiger charge is 2.56. The van der Waals surface area contributed by atoms with Crippen LogP contribution in [0.2, 0.25) is 0 Å². The molecule has 88 valence electrons. The predicted octanol–water partition coefficient (Wildman–Crippen LogP) is 3.51. The maximum atomic E-state index is 5.82. The molecule has 0 aromatic heterocycles. The van der Waals surface area contributed by atoms with E-state index < -0.39 is 0 Å². The summed E-state index contributed by atoms with van der Waals surface area (Å²) in [5, 5.41) is 0. The van der Waals surface area contributed by atoms with Gasteiger partial charge in [0.2, 0.25) is 0 Å². The number of nitrogens with two attached hydrogens (primary N) is 1. The average Bonchev–Trinajstić information content (AvgIpc) is 2.80. The van der Waals surface area contributed by atoms with Crippen molar-refractivity contribution in [2.24, 2.45) is 17.1 Å². The summed E-state index contributed by atoms with van der Waals surface area (Å²) < 4.78 is 0. The fraction of sp³-hybridized carbons (Fsp3) is 0.600. The second-order valence-corrected chi connectivity index (χ2v) is 5.96. The smallest absolute Gasteiger partial charge is 0.00375 e. The molecule has 0 aliphatic heterocycles.